The lowest BCUT2D eigenvalue weighted by Gasteiger charge is -2.46. The van der Waals surface area contributed by atoms with E-state index in [-0.39, 0.29) is 11.3 Å². The molecule has 3 aliphatic carbocycles. The van der Waals surface area contributed by atoms with Crippen molar-refractivity contribution in [2.75, 3.05) is 0 Å². The van der Waals surface area contributed by atoms with Crippen LogP contribution in [-0.4, -0.2) is 16.5 Å². The van der Waals surface area contributed by atoms with E-state index in [1.165, 1.54) is 12.8 Å². The minimum atomic E-state index is -0.845. The van der Waals surface area contributed by atoms with Gasteiger partial charge in [0.05, 0.1) is 5.60 Å². The van der Waals surface area contributed by atoms with Gasteiger partial charge in [-0.3, -0.25) is 4.79 Å². The van der Waals surface area contributed by atoms with E-state index in [0.29, 0.717) is 23.5 Å². The van der Waals surface area contributed by atoms with E-state index < -0.39 is 5.60 Å². The lowest BCUT2D eigenvalue weighted by atomic mass is 9.59. The molecular formula is C15H24O2. The summed E-state index contributed by atoms with van der Waals surface area (Å²) in [5.41, 5.74) is -0.128. The summed E-state index contributed by atoms with van der Waals surface area (Å²) < 4.78 is 0. The number of carbonyl (C=O) groups excluding carboxylic acids is 1. The van der Waals surface area contributed by atoms with Crippen molar-refractivity contribution in [1.82, 2.24) is 0 Å². The Bertz CT molecular complexity index is 381. The monoisotopic (exact) mass is 236 g/mol. The maximum absolute atomic E-state index is 12.3. The van der Waals surface area contributed by atoms with Gasteiger partial charge in [0.25, 0.3) is 0 Å². The highest BCUT2D eigenvalue weighted by atomic mass is 16.3. The molecule has 3 saturated carbocycles. The van der Waals surface area contributed by atoms with E-state index in [1.807, 2.05) is 0 Å². The zero-order valence-corrected chi connectivity index (χ0v) is 11.4. The normalized spacial score (nSPS) is 53.2. The molecule has 17 heavy (non-hydrogen) atoms. The standard InChI is InChI=1S/C15H24O2/c1-13(2,17)10-5-12-14(3,8-11(10)16)6-9-7-15(9,12)4/h9-10,12,17H,5-8H2,1-4H3/t9?,10-,12+,14+,15+/m0/s1. The van der Waals surface area contributed by atoms with Gasteiger partial charge in [-0.1, -0.05) is 13.8 Å². The third-order valence-corrected chi connectivity index (χ3v) is 6.10. The number of ketones is 1. The van der Waals surface area contributed by atoms with E-state index in [4.69, 9.17) is 0 Å². The number of fused-ring (bicyclic) bond motifs is 3. The summed E-state index contributed by atoms with van der Waals surface area (Å²) in [5.74, 6) is 1.65. The molecular weight excluding hydrogens is 212 g/mol. The Morgan fingerprint density at radius 1 is 1.29 bits per heavy atom. The number of hydrogen-bond donors (Lipinski definition) is 1. The number of hydrogen-bond acceptors (Lipinski definition) is 2. The van der Waals surface area contributed by atoms with Gasteiger partial charge in [0.15, 0.2) is 0 Å². The summed E-state index contributed by atoms with van der Waals surface area (Å²) in [6.45, 7) is 8.28. The zero-order valence-electron chi connectivity index (χ0n) is 11.4. The fraction of sp³-hybridized carbons (Fsp3) is 0.933. The molecule has 1 N–H and O–H groups in total. The smallest absolute Gasteiger partial charge is 0.139 e. The molecule has 0 aromatic carbocycles. The third kappa shape index (κ3) is 1.46. The summed E-state index contributed by atoms with van der Waals surface area (Å²) in [6, 6.07) is 0. The zero-order chi connectivity index (χ0) is 12.6. The van der Waals surface area contributed by atoms with Crippen molar-refractivity contribution in [2.24, 2.45) is 28.6 Å². The third-order valence-electron chi connectivity index (χ3n) is 6.10. The Hall–Kier alpha value is -0.370. The molecule has 2 heteroatoms. The van der Waals surface area contributed by atoms with Crippen molar-refractivity contribution in [3.8, 4) is 0 Å². The van der Waals surface area contributed by atoms with E-state index in [0.717, 1.165) is 12.3 Å². The van der Waals surface area contributed by atoms with Gasteiger partial charge in [0, 0.05) is 12.3 Å². The van der Waals surface area contributed by atoms with Crippen molar-refractivity contribution in [1.29, 1.82) is 0 Å². The number of rotatable bonds is 1. The SMILES string of the molecule is CC(C)(O)[C@H]1C[C@@H]2[C@@](C)(CC1=O)CC1C[C@]12C. The number of aliphatic hydroxyl groups is 1. The minimum absolute atomic E-state index is 0.142. The van der Waals surface area contributed by atoms with Crippen molar-refractivity contribution >= 4 is 5.78 Å². The Morgan fingerprint density at radius 3 is 2.53 bits per heavy atom. The first-order valence-corrected chi connectivity index (χ1v) is 6.92. The highest BCUT2D eigenvalue weighted by molar-refractivity contribution is 5.84. The molecule has 0 amide bonds. The van der Waals surface area contributed by atoms with E-state index in [1.54, 1.807) is 13.8 Å². The molecule has 1 unspecified atom stereocenters. The highest BCUT2D eigenvalue weighted by Gasteiger charge is 2.69. The molecule has 3 fully saturated rings. The fourth-order valence-corrected chi connectivity index (χ4v) is 5.03. The molecule has 0 radical (unpaired) electrons. The fourth-order valence-electron chi connectivity index (χ4n) is 5.03. The quantitative estimate of drug-likeness (QED) is 0.760. The number of Topliss-reactive ketones (excluding diaryl/α,β-unsaturated/α-hetero) is 1. The lowest BCUT2D eigenvalue weighted by Crippen LogP contribution is -2.47. The summed E-state index contributed by atoms with van der Waals surface area (Å²) in [6.07, 6.45) is 4.18. The molecule has 0 aromatic heterocycles. The van der Waals surface area contributed by atoms with Crippen LogP contribution >= 0.6 is 0 Å². The van der Waals surface area contributed by atoms with Gasteiger partial charge in [-0.2, -0.15) is 0 Å². The molecule has 0 bridgehead atoms. The van der Waals surface area contributed by atoms with Crippen LogP contribution < -0.4 is 0 Å². The van der Waals surface area contributed by atoms with Gasteiger partial charge in [-0.05, 0) is 55.8 Å². The predicted molar refractivity (Wildman–Crippen MR) is 66.5 cm³/mol. The molecule has 3 aliphatic rings. The Morgan fingerprint density at radius 2 is 1.94 bits per heavy atom. The van der Waals surface area contributed by atoms with Crippen LogP contribution in [0, 0.1) is 28.6 Å². The average molecular weight is 236 g/mol. The molecule has 0 aromatic rings. The topological polar surface area (TPSA) is 37.3 Å². The van der Waals surface area contributed by atoms with E-state index in [9.17, 15) is 9.90 Å². The first kappa shape index (κ1) is 11.7. The van der Waals surface area contributed by atoms with Crippen LogP contribution in [0.4, 0.5) is 0 Å². The van der Waals surface area contributed by atoms with Crippen LogP contribution in [0.3, 0.4) is 0 Å². The van der Waals surface area contributed by atoms with Crippen LogP contribution in [0.25, 0.3) is 0 Å². The lowest BCUT2D eigenvalue weighted by molar-refractivity contribution is -0.141. The van der Waals surface area contributed by atoms with E-state index >= 15 is 0 Å². The molecule has 5 atom stereocenters. The summed E-state index contributed by atoms with van der Waals surface area (Å²) >= 11 is 0. The van der Waals surface area contributed by atoms with Gasteiger partial charge < -0.3 is 5.11 Å². The maximum atomic E-state index is 12.3. The summed E-state index contributed by atoms with van der Waals surface area (Å²) in [5, 5.41) is 10.2. The molecule has 0 heterocycles. The summed E-state index contributed by atoms with van der Waals surface area (Å²) in [4.78, 5) is 12.3. The maximum Gasteiger partial charge on any atom is 0.139 e. The van der Waals surface area contributed by atoms with Crippen LogP contribution in [0.1, 0.15) is 53.4 Å². The van der Waals surface area contributed by atoms with Gasteiger partial charge in [-0.15, -0.1) is 0 Å². The predicted octanol–water partition coefficient (Wildman–Crippen LogP) is 2.79. The largest absolute Gasteiger partial charge is 0.390 e. The van der Waals surface area contributed by atoms with Crippen LogP contribution in [-0.2, 0) is 4.79 Å². The first-order chi connectivity index (χ1) is 7.67. The molecule has 3 rings (SSSR count). The van der Waals surface area contributed by atoms with Gasteiger partial charge >= 0.3 is 0 Å². The van der Waals surface area contributed by atoms with Gasteiger partial charge in [0.2, 0.25) is 0 Å². The van der Waals surface area contributed by atoms with Gasteiger partial charge in [0.1, 0.15) is 5.78 Å². The second kappa shape index (κ2) is 2.96. The van der Waals surface area contributed by atoms with Crippen LogP contribution in [0.5, 0.6) is 0 Å². The summed E-state index contributed by atoms with van der Waals surface area (Å²) in [7, 11) is 0. The molecule has 96 valence electrons. The van der Waals surface area contributed by atoms with Crippen molar-refractivity contribution < 1.29 is 9.90 Å². The van der Waals surface area contributed by atoms with Gasteiger partial charge in [-0.25, -0.2) is 0 Å². The second-order valence-electron chi connectivity index (χ2n) is 7.90. The van der Waals surface area contributed by atoms with Crippen molar-refractivity contribution in [3.63, 3.8) is 0 Å². The first-order valence-electron chi connectivity index (χ1n) is 6.92. The minimum Gasteiger partial charge on any atom is -0.390 e. The van der Waals surface area contributed by atoms with Crippen LogP contribution in [0.2, 0.25) is 0 Å². The number of carbonyl (C=O) groups is 1. The Kier molecular flexibility index (Phi) is 2.04. The second-order valence-corrected chi connectivity index (χ2v) is 7.90. The van der Waals surface area contributed by atoms with E-state index in [2.05, 4.69) is 13.8 Å². The Balaban J connectivity index is 1.90. The molecule has 0 saturated heterocycles. The van der Waals surface area contributed by atoms with Crippen molar-refractivity contribution in [2.45, 2.75) is 59.0 Å². The average Bonchev–Trinajstić information content (AvgIpc) is 2.67. The Labute approximate surface area is 104 Å². The van der Waals surface area contributed by atoms with Crippen molar-refractivity contribution in [3.05, 3.63) is 0 Å². The molecule has 2 nitrogen and oxygen atoms in total. The molecule has 0 spiro atoms. The molecule has 0 aliphatic heterocycles. The highest BCUT2D eigenvalue weighted by Crippen LogP contribution is 2.75. The van der Waals surface area contributed by atoms with Crippen LogP contribution in [0.15, 0.2) is 0 Å².